The molecule has 7 nitrogen and oxygen atoms in total. The van der Waals surface area contributed by atoms with Crippen molar-refractivity contribution in [1.29, 1.82) is 0 Å². The van der Waals surface area contributed by atoms with E-state index in [0.717, 1.165) is 16.5 Å². The van der Waals surface area contributed by atoms with Crippen molar-refractivity contribution in [2.24, 2.45) is 11.5 Å². The van der Waals surface area contributed by atoms with Crippen molar-refractivity contribution < 1.29 is 14.0 Å². The van der Waals surface area contributed by atoms with Gasteiger partial charge in [-0.05, 0) is 30.2 Å². The van der Waals surface area contributed by atoms with Crippen LogP contribution in [-0.2, 0) is 16.0 Å². The van der Waals surface area contributed by atoms with Gasteiger partial charge in [-0.2, -0.15) is 0 Å². The molecule has 7 heteroatoms. The molecule has 0 aliphatic heterocycles. The van der Waals surface area contributed by atoms with Gasteiger partial charge in [0, 0.05) is 29.6 Å². The molecule has 1 atom stereocenters. The van der Waals surface area contributed by atoms with E-state index in [-0.39, 0.29) is 13.0 Å². The zero-order valence-electron chi connectivity index (χ0n) is 15.4. The Balaban J connectivity index is 2.10. The van der Waals surface area contributed by atoms with Crippen LogP contribution in [0, 0.1) is 6.92 Å². The standard InChI is InChI=1S/C21H21N3O4/c1-13-9-20(26)28-18-11-15(7-8-16(13)18)24(19(25)12-22)17(21(23)27)10-14-5-3-2-4-6-14/h2-9,11,17H,10,12,22H2,1H3,(H2,23,27). The lowest BCUT2D eigenvalue weighted by atomic mass is 10.0. The molecule has 0 radical (unpaired) electrons. The smallest absolute Gasteiger partial charge is 0.336 e. The second-order valence-electron chi connectivity index (χ2n) is 6.50. The van der Waals surface area contributed by atoms with Crippen molar-refractivity contribution in [3.63, 3.8) is 0 Å². The van der Waals surface area contributed by atoms with Crippen molar-refractivity contribution in [3.05, 3.63) is 76.1 Å². The molecule has 0 saturated carbocycles. The normalized spacial score (nSPS) is 11.9. The highest BCUT2D eigenvalue weighted by Crippen LogP contribution is 2.26. The van der Waals surface area contributed by atoms with E-state index in [2.05, 4.69) is 0 Å². The minimum absolute atomic E-state index is 0.234. The van der Waals surface area contributed by atoms with Gasteiger partial charge >= 0.3 is 5.63 Å². The van der Waals surface area contributed by atoms with Gasteiger partial charge in [-0.25, -0.2) is 4.79 Å². The first-order chi connectivity index (χ1) is 13.4. The van der Waals surface area contributed by atoms with Crippen LogP contribution < -0.4 is 22.0 Å². The van der Waals surface area contributed by atoms with Crippen LogP contribution in [0.1, 0.15) is 11.1 Å². The number of carbonyl (C=O) groups is 2. The summed E-state index contributed by atoms with van der Waals surface area (Å²) in [6.45, 7) is 1.50. The van der Waals surface area contributed by atoms with Gasteiger partial charge in [-0.3, -0.25) is 14.5 Å². The lowest BCUT2D eigenvalue weighted by molar-refractivity contribution is -0.124. The quantitative estimate of drug-likeness (QED) is 0.629. The minimum Gasteiger partial charge on any atom is -0.423 e. The molecule has 1 heterocycles. The number of fused-ring (bicyclic) bond motifs is 1. The van der Waals surface area contributed by atoms with E-state index in [0.29, 0.717) is 11.3 Å². The zero-order chi connectivity index (χ0) is 20.3. The number of rotatable bonds is 6. The predicted octanol–water partition coefficient (Wildman–Crippen LogP) is 1.49. The van der Waals surface area contributed by atoms with Gasteiger partial charge in [-0.1, -0.05) is 30.3 Å². The Morgan fingerprint density at radius 1 is 1.11 bits per heavy atom. The topological polar surface area (TPSA) is 120 Å². The molecule has 0 aliphatic carbocycles. The molecule has 1 aromatic heterocycles. The van der Waals surface area contributed by atoms with E-state index < -0.39 is 23.5 Å². The largest absolute Gasteiger partial charge is 0.423 e. The molecular formula is C21H21N3O4. The fourth-order valence-electron chi connectivity index (χ4n) is 3.22. The minimum atomic E-state index is -0.938. The Bertz CT molecular complexity index is 1080. The lowest BCUT2D eigenvalue weighted by Gasteiger charge is -2.30. The average Bonchev–Trinajstić information content (AvgIpc) is 2.67. The van der Waals surface area contributed by atoms with Gasteiger partial charge in [-0.15, -0.1) is 0 Å². The molecule has 144 valence electrons. The maximum absolute atomic E-state index is 12.6. The predicted molar refractivity (Wildman–Crippen MR) is 107 cm³/mol. The molecule has 0 spiro atoms. The van der Waals surface area contributed by atoms with Crippen LogP contribution in [-0.4, -0.2) is 24.4 Å². The van der Waals surface area contributed by atoms with Crippen LogP contribution in [0.15, 0.2) is 63.8 Å². The van der Waals surface area contributed by atoms with Gasteiger partial charge in [0.25, 0.3) is 0 Å². The van der Waals surface area contributed by atoms with Gasteiger partial charge in [0.15, 0.2) is 0 Å². The number of nitrogens with zero attached hydrogens (tertiary/aromatic N) is 1. The summed E-state index contributed by atoms with van der Waals surface area (Å²) >= 11 is 0. The summed E-state index contributed by atoms with van der Waals surface area (Å²) in [5.74, 6) is -1.12. The molecule has 0 saturated heterocycles. The van der Waals surface area contributed by atoms with Crippen molar-refractivity contribution in [2.75, 3.05) is 11.4 Å². The summed E-state index contributed by atoms with van der Waals surface area (Å²) in [4.78, 5) is 37.8. The monoisotopic (exact) mass is 379 g/mol. The first-order valence-electron chi connectivity index (χ1n) is 8.80. The molecule has 0 fully saturated rings. The summed E-state index contributed by atoms with van der Waals surface area (Å²) in [5.41, 5.74) is 13.0. The summed E-state index contributed by atoms with van der Waals surface area (Å²) in [5, 5.41) is 0.738. The summed E-state index contributed by atoms with van der Waals surface area (Å²) in [6.07, 6.45) is 0.234. The molecule has 0 aliphatic rings. The van der Waals surface area contributed by atoms with Crippen molar-refractivity contribution in [2.45, 2.75) is 19.4 Å². The number of carbonyl (C=O) groups excluding carboxylic acids is 2. The van der Waals surface area contributed by atoms with Gasteiger partial charge in [0.1, 0.15) is 11.6 Å². The number of hydrogen-bond acceptors (Lipinski definition) is 5. The van der Waals surface area contributed by atoms with Crippen molar-refractivity contribution in [3.8, 4) is 0 Å². The van der Waals surface area contributed by atoms with Gasteiger partial charge < -0.3 is 15.9 Å². The van der Waals surface area contributed by atoms with Crippen LogP contribution in [0.5, 0.6) is 0 Å². The third-order valence-electron chi connectivity index (χ3n) is 4.57. The first kappa shape index (κ1) is 19.3. The van der Waals surface area contributed by atoms with Crippen LogP contribution in [0.4, 0.5) is 5.69 Å². The fourth-order valence-corrected chi connectivity index (χ4v) is 3.22. The van der Waals surface area contributed by atoms with E-state index in [1.807, 2.05) is 30.3 Å². The maximum Gasteiger partial charge on any atom is 0.336 e. The number of benzene rings is 2. The van der Waals surface area contributed by atoms with Crippen LogP contribution in [0.3, 0.4) is 0 Å². The highest BCUT2D eigenvalue weighted by atomic mass is 16.4. The van der Waals surface area contributed by atoms with E-state index >= 15 is 0 Å². The third-order valence-corrected chi connectivity index (χ3v) is 4.57. The molecule has 3 aromatic rings. The van der Waals surface area contributed by atoms with Gasteiger partial charge in [0.05, 0.1) is 6.54 Å². The molecular weight excluding hydrogens is 358 g/mol. The van der Waals surface area contributed by atoms with Crippen LogP contribution in [0.25, 0.3) is 11.0 Å². The summed E-state index contributed by atoms with van der Waals surface area (Å²) in [6, 6.07) is 14.7. The Hall–Kier alpha value is -3.45. The Morgan fingerprint density at radius 3 is 2.46 bits per heavy atom. The number of aryl methyl sites for hydroxylation is 1. The fraction of sp³-hybridized carbons (Fsp3) is 0.190. The summed E-state index contributed by atoms with van der Waals surface area (Å²) < 4.78 is 5.26. The first-order valence-corrected chi connectivity index (χ1v) is 8.80. The molecule has 2 amide bonds. The second kappa shape index (κ2) is 8.06. The van der Waals surface area contributed by atoms with Crippen molar-refractivity contribution in [1.82, 2.24) is 0 Å². The Labute approximate surface area is 161 Å². The molecule has 28 heavy (non-hydrogen) atoms. The molecule has 0 bridgehead atoms. The number of nitrogens with two attached hydrogens (primary N) is 2. The zero-order valence-corrected chi connectivity index (χ0v) is 15.4. The average molecular weight is 379 g/mol. The van der Waals surface area contributed by atoms with Gasteiger partial charge in [0.2, 0.25) is 11.8 Å². The number of hydrogen-bond donors (Lipinski definition) is 2. The number of primary amides is 1. The lowest BCUT2D eigenvalue weighted by Crippen LogP contribution is -2.51. The maximum atomic E-state index is 12.6. The highest BCUT2D eigenvalue weighted by molar-refractivity contribution is 6.02. The highest BCUT2D eigenvalue weighted by Gasteiger charge is 2.29. The second-order valence-corrected chi connectivity index (χ2v) is 6.50. The molecule has 1 unspecified atom stereocenters. The Morgan fingerprint density at radius 2 is 1.82 bits per heavy atom. The SMILES string of the molecule is Cc1cc(=O)oc2cc(N(C(=O)CN)C(Cc3ccccc3)C(N)=O)ccc12. The van der Waals surface area contributed by atoms with Crippen molar-refractivity contribution >= 4 is 28.5 Å². The molecule has 4 N–H and O–H groups in total. The molecule has 3 rings (SSSR count). The number of anilines is 1. The number of amides is 2. The Kier molecular flexibility index (Phi) is 5.56. The van der Waals surface area contributed by atoms with E-state index in [4.69, 9.17) is 15.9 Å². The van der Waals surface area contributed by atoms with E-state index in [1.54, 1.807) is 25.1 Å². The summed E-state index contributed by atoms with van der Waals surface area (Å²) in [7, 11) is 0. The third kappa shape index (κ3) is 3.94. The van der Waals surface area contributed by atoms with E-state index in [1.165, 1.54) is 11.0 Å². The molecule has 2 aromatic carbocycles. The van der Waals surface area contributed by atoms with Crippen LogP contribution in [0.2, 0.25) is 0 Å². The van der Waals surface area contributed by atoms with Crippen LogP contribution >= 0.6 is 0 Å². The van der Waals surface area contributed by atoms with E-state index in [9.17, 15) is 14.4 Å².